The Morgan fingerprint density at radius 3 is 1.96 bits per heavy atom. The van der Waals surface area contributed by atoms with Gasteiger partial charge in [0, 0.05) is 11.0 Å². The summed E-state index contributed by atoms with van der Waals surface area (Å²) in [4.78, 5) is 0. The van der Waals surface area contributed by atoms with Crippen LogP contribution in [0.4, 0.5) is 0 Å². The van der Waals surface area contributed by atoms with E-state index in [2.05, 4.69) is 91.3 Å². The third kappa shape index (κ3) is 2.02. The van der Waals surface area contributed by atoms with Crippen molar-refractivity contribution < 1.29 is 0 Å². The lowest BCUT2D eigenvalue weighted by atomic mass is 9.78. The summed E-state index contributed by atoms with van der Waals surface area (Å²) in [6, 6.07) is 27.8. The van der Waals surface area contributed by atoms with Gasteiger partial charge in [-0.25, -0.2) is 4.68 Å². The molecule has 5 rings (SSSR count). The van der Waals surface area contributed by atoms with E-state index in [0.717, 1.165) is 5.69 Å². The van der Waals surface area contributed by atoms with Gasteiger partial charge in [-0.3, -0.25) is 0 Å². The minimum absolute atomic E-state index is 0.169. The van der Waals surface area contributed by atoms with Crippen molar-refractivity contribution in [3.8, 4) is 27.9 Å². The first kappa shape index (κ1) is 15.2. The van der Waals surface area contributed by atoms with Crippen molar-refractivity contribution >= 4 is 0 Å². The SMILES string of the molecule is CC1(C)c2ccccc2-c2ccccc2-c2cnn(-c3ccccc3)c21. The Hall–Kier alpha value is -3.13. The van der Waals surface area contributed by atoms with Gasteiger partial charge in [0.25, 0.3) is 0 Å². The molecular weight excluding hydrogens is 316 g/mol. The number of aromatic nitrogens is 2. The molecule has 2 heteroatoms. The van der Waals surface area contributed by atoms with Crippen molar-refractivity contribution in [2.75, 3.05) is 0 Å². The monoisotopic (exact) mass is 336 g/mol. The summed E-state index contributed by atoms with van der Waals surface area (Å²) >= 11 is 0. The lowest BCUT2D eigenvalue weighted by Gasteiger charge is -2.28. The van der Waals surface area contributed by atoms with E-state index >= 15 is 0 Å². The second-order valence-corrected chi connectivity index (χ2v) is 7.37. The third-order valence-corrected chi connectivity index (χ3v) is 5.47. The van der Waals surface area contributed by atoms with Crippen molar-refractivity contribution in [1.29, 1.82) is 0 Å². The van der Waals surface area contributed by atoms with Crippen molar-refractivity contribution in [3.63, 3.8) is 0 Å². The molecule has 3 aromatic carbocycles. The zero-order valence-electron chi connectivity index (χ0n) is 15.0. The van der Waals surface area contributed by atoms with Gasteiger partial charge in [0.05, 0.1) is 17.6 Å². The number of hydrogen-bond acceptors (Lipinski definition) is 1. The summed E-state index contributed by atoms with van der Waals surface area (Å²) in [5.74, 6) is 0. The molecule has 0 fully saturated rings. The fourth-order valence-corrected chi connectivity index (χ4v) is 4.26. The van der Waals surface area contributed by atoms with Gasteiger partial charge in [-0.15, -0.1) is 0 Å². The van der Waals surface area contributed by atoms with E-state index in [1.165, 1.54) is 33.5 Å². The van der Waals surface area contributed by atoms with Crippen LogP contribution in [-0.4, -0.2) is 9.78 Å². The zero-order valence-corrected chi connectivity index (χ0v) is 15.0. The molecular formula is C24H20N2. The van der Waals surface area contributed by atoms with Crippen LogP contribution in [0.1, 0.15) is 25.1 Å². The van der Waals surface area contributed by atoms with Crippen LogP contribution < -0.4 is 0 Å². The van der Waals surface area contributed by atoms with E-state index in [1.54, 1.807) is 0 Å². The predicted molar refractivity (Wildman–Crippen MR) is 107 cm³/mol. The lowest BCUT2D eigenvalue weighted by molar-refractivity contribution is 0.589. The lowest BCUT2D eigenvalue weighted by Crippen LogP contribution is -2.24. The number of benzene rings is 3. The van der Waals surface area contributed by atoms with Gasteiger partial charge >= 0.3 is 0 Å². The topological polar surface area (TPSA) is 17.8 Å². The van der Waals surface area contributed by atoms with Gasteiger partial charge in [-0.1, -0.05) is 80.6 Å². The molecule has 0 bridgehead atoms. The van der Waals surface area contributed by atoms with Gasteiger partial charge in [-0.05, 0) is 34.4 Å². The summed E-state index contributed by atoms with van der Waals surface area (Å²) in [6.07, 6.45) is 2.02. The van der Waals surface area contributed by atoms with Crippen LogP contribution in [0.3, 0.4) is 0 Å². The molecule has 0 amide bonds. The molecule has 0 atom stereocenters. The van der Waals surface area contributed by atoms with E-state index < -0.39 is 0 Å². The first-order valence-corrected chi connectivity index (χ1v) is 9.01. The van der Waals surface area contributed by atoms with Crippen molar-refractivity contribution in [2.24, 2.45) is 0 Å². The average molecular weight is 336 g/mol. The third-order valence-electron chi connectivity index (χ3n) is 5.47. The predicted octanol–water partition coefficient (Wildman–Crippen LogP) is 5.85. The minimum atomic E-state index is -0.169. The molecule has 0 saturated heterocycles. The van der Waals surface area contributed by atoms with Gasteiger partial charge in [-0.2, -0.15) is 5.10 Å². The average Bonchev–Trinajstić information content (AvgIpc) is 3.12. The highest BCUT2D eigenvalue weighted by atomic mass is 15.3. The Balaban J connectivity index is 1.92. The molecule has 1 heterocycles. The first-order valence-electron chi connectivity index (χ1n) is 9.01. The highest BCUT2D eigenvalue weighted by Gasteiger charge is 2.36. The van der Waals surface area contributed by atoms with Crippen LogP contribution in [0.5, 0.6) is 0 Å². The maximum atomic E-state index is 4.79. The van der Waals surface area contributed by atoms with Crippen LogP contribution in [0.15, 0.2) is 85.1 Å². The van der Waals surface area contributed by atoms with E-state index in [1.807, 2.05) is 12.3 Å². The molecule has 0 aliphatic heterocycles. The highest BCUT2D eigenvalue weighted by molar-refractivity contribution is 5.89. The van der Waals surface area contributed by atoms with Crippen LogP contribution >= 0.6 is 0 Å². The highest BCUT2D eigenvalue weighted by Crippen LogP contribution is 2.48. The second-order valence-electron chi connectivity index (χ2n) is 7.37. The normalized spacial score (nSPS) is 14.1. The maximum Gasteiger partial charge on any atom is 0.0649 e. The fraction of sp³-hybridized carbons (Fsp3) is 0.125. The molecule has 126 valence electrons. The molecule has 1 aliphatic carbocycles. The van der Waals surface area contributed by atoms with E-state index in [9.17, 15) is 0 Å². The zero-order chi connectivity index (χ0) is 17.7. The molecule has 0 unspecified atom stereocenters. The molecule has 0 N–H and O–H groups in total. The molecule has 0 spiro atoms. The Bertz CT molecular complexity index is 1100. The summed E-state index contributed by atoms with van der Waals surface area (Å²) < 4.78 is 2.11. The van der Waals surface area contributed by atoms with E-state index in [-0.39, 0.29) is 5.41 Å². The Kier molecular flexibility index (Phi) is 3.17. The molecule has 0 saturated carbocycles. The summed E-state index contributed by atoms with van der Waals surface area (Å²) in [6.45, 7) is 4.61. The summed E-state index contributed by atoms with van der Waals surface area (Å²) in [7, 11) is 0. The molecule has 1 aliphatic rings. The van der Waals surface area contributed by atoms with E-state index in [4.69, 9.17) is 5.10 Å². The van der Waals surface area contributed by atoms with Crippen molar-refractivity contribution in [2.45, 2.75) is 19.3 Å². The van der Waals surface area contributed by atoms with Crippen LogP contribution in [0, 0.1) is 0 Å². The smallest absolute Gasteiger partial charge is 0.0649 e. The number of hydrogen-bond donors (Lipinski definition) is 0. The van der Waals surface area contributed by atoms with Gasteiger partial charge in [0.1, 0.15) is 0 Å². The standard InChI is InChI=1S/C24H20N2/c1-24(2)22-15-9-8-14-20(22)18-12-6-7-13-19(18)21-16-25-26(23(21)24)17-10-4-3-5-11-17/h3-16H,1-2H3. The van der Waals surface area contributed by atoms with Gasteiger partial charge < -0.3 is 0 Å². The van der Waals surface area contributed by atoms with E-state index in [0.29, 0.717) is 0 Å². The van der Waals surface area contributed by atoms with Gasteiger partial charge in [0.15, 0.2) is 0 Å². The molecule has 0 radical (unpaired) electrons. The molecule has 2 nitrogen and oxygen atoms in total. The fourth-order valence-electron chi connectivity index (χ4n) is 4.26. The number of nitrogens with zero attached hydrogens (tertiary/aromatic N) is 2. The number of rotatable bonds is 1. The number of para-hydroxylation sites is 1. The Morgan fingerprint density at radius 2 is 1.23 bits per heavy atom. The van der Waals surface area contributed by atoms with Gasteiger partial charge in [0.2, 0.25) is 0 Å². The van der Waals surface area contributed by atoms with Crippen LogP contribution in [0.2, 0.25) is 0 Å². The largest absolute Gasteiger partial charge is 0.236 e. The molecule has 26 heavy (non-hydrogen) atoms. The summed E-state index contributed by atoms with van der Waals surface area (Å²) in [5.41, 5.74) is 8.56. The quantitative estimate of drug-likeness (QED) is 0.426. The molecule has 4 aromatic rings. The minimum Gasteiger partial charge on any atom is -0.236 e. The van der Waals surface area contributed by atoms with Crippen molar-refractivity contribution in [3.05, 3.63) is 96.3 Å². The Morgan fingerprint density at radius 1 is 0.654 bits per heavy atom. The first-order chi connectivity index (χ1) is 12.7. The maximum absolute atomic E-state index is 4.79. The Labute approximate surface area is 153 Å². The second kappa shape index (κ2) is 5.43. The molecule has 1 aromatic heterocycles. The van der Waals surface area contributed by atoms with Crippen molar-refractivity contribution in [1.82, 2.24) is 9.78 Å². The number of fused-ring (bicyclic) bond motifs is 5. The van der Waals surface area contributed by atoms with Crippen LogP contribution in [0.25, 0.3) is 27.9 Å². The van der Waals surface area contributed by atoms with Crippen LogP contribution in [-0.2, 0) is 5.41 Å². The summed E-state index contributed by atoms with van der Waals surface area (Å²) in [5, 5.41) is 4.79.